The molecule has 1 N–H and O–H groups in total. The molecule has 0 bridgehead atoms. The molecule has 7 heteroatoms. The van der Waals surface area contributed by atoms with E-state index in [0.717, 1.165) is 27.8 Å². The van der Waals surface area contributed by atoms with Crippen LogP contribution in [0.25, 0.3) is 10.1 Å². The number of ether oxygens (including phenoxy) is 3. The molecular formula is C22H23NO5S. The Balaban J connectivity index is 1.81. The third-order valence-electron chi connectivity index (χ3n) is 4.27. The van der Waals surface area contributed by atoms with Gasteiger partial charge >= 0.3 is 5.97 Å². The number of nitrogens with one attached hydrogen (secondary N) is 1. The van der Waals surface area contributed by atoms with Crippen LogP contribution in [0.5, 0.6) is 11.5 Å². The van der Waals surface area contributed by atoms with Crippen molar-refractivity contribution in [3.63, 3.8) is 0 Å². The number of esters is 1. The molecule has 0 aliphatic carbocycles. The van der Waals surface area contributed by atoms with Gasteiger partial charge in [0.1, 0.15) is 5.75 Å². The molecule has 0 aliphatic heterocycles. The molecule has 0 fully saturated rings. The zero-order chi connectivity index (χ0) is 20.8. The van der Waals surface area contributed by atoms with Crippen molar-refractivity contribution in [1.29, 1.82) is 0 Å². The lowest BCUT2D eigenvalue weighted by Gasteiger charge is -2.08. The smallest absolute Gasteiger partial charge is 0.351 e. The van der Waals surface area contributed by atoms with Crippen LogP contribution in [0.15, 0.2) is 42.5 Å². The first-order valence-electron chi connectivity index (χ1n) is 9.26. The fourth-order valence-corrected chi connectivity index (χ4v) is 3.91. The number of carbonyl (C=O) groups is 2. The van der Waals surface area contributed by atoms with Gasteiger partial charge in [0, 0.05) is 15.8 Å². The molecule has 3 rings (SSSR count). The van der Waals surface area contributed by atoms with Gasteiger partial charge in [-0.1, -0.05) is 19.1 Å². The molecular weight excluding hydrogens is 390 g/mol. The van der Waals surface area contributed by atoms with E-state index in [9.17, 15) is 9.59 Å². The van der Waals surface area contributed by atoms with Crippen LogP contribution in [0.4, 0.5) is 5.69 Å². The van der Waals surface area contributed by atoms with E-state index in [1.165, 1.54) is 18.4 Å². The lowest BCUT2D eigenvalue weighted by Crippen LogP contribution is -2.14. The predicted molar refractivity (Wildman–Crippen MR) is 114 cm³/mol. The average Bonchev–Trinajstić information content (AvgIpc) is 3.10. The minimum atomic E-state index is -0.428. The van der Waals surface area contributed by atoms with E-state index < -0.39 is 5.97 Å². The highest BCUT2D eigenvalue weighted by Crippen LogP contribution is 2.39. The Morgan fingerprint density at radius 1 is 1.07 bits per heavy atom. The zero-order valence-corrected chi connectivity index (χ0v) is 17.4. The summed E-state index contributed by atoms with van der Waals surface area (Å²) < 4.78 is 16.7. The summed E-state index contributed by atoms with van der Waals surface area (Å²) >= 11 is 1.32. The highest BCUT2D eigenvalue weighted by atomic mass is 32.1. The fourth-order valence-electron chi connectivity index (χ4n) is 2.86. The number of hydrogen-bond acceptors (Lipinski definition) is 6. The monoisotopic (exact) mass is 413 g/mol. The van der Waals surface area contributed by atoms with Crippen LogP contribution in [0, 0.1) is 0 Å². The molecule has 0 saturated carbocycles. The maximum atomic E-state index is 12.4. The minimum Gasteiger partial charge on any atom is -0.497 e. The molecule has 0 aliphatic rings. The summed E-state index contributed by atoms with van der Waals surface area (Å²) in [6, 6.07) is 12.9. The second-order valence-corrected chi connectivity index (χ2v) is 7.44. The Kier molecular flexibility index (Phi) is 6.72. The maximum absolute atomic E-state index is 12.4. The summed E-state index contributed by atoms with van der Waals surface area (Å²) in [5.41, 5.74) is 1.53. The molecule has 1 aromatic heterocycles. The van der Waals surface area contributed by atoms with Gasteiger partial charge in [0.05, 0.1) is 27.2 Å². The van der Waals surface area contributed by atoms with Crippen molar-refractivity contribution in [3.05, 3.63) is 52.9 Å². The van der Waals surface area contributed by atoms with Gasteiger partial charge in [-0.15, -0.1) is 11.3 Å². The number of benzene rings is 2. The summed E-state index contributed by atoms with van der Waals surface area (Å²) in [7, 11) is 2.95. The third-order valence-corrected chi connectivity index (χ3v) is 5.40. The van der Waals surface area contributed by atoms with E-state index in [4.69, 9.17) is 14.2 Å². The molecule has 0 radical (unpaired) electrons. The summed E-state index contributed by atoms with van der Waals surface area (Å²) in [5, 5.41) is 3.69. The van der Waals surface area contributed by atoms with Crippen molar-refractivity contribution in [3.8, 4) is 11.5 Å². The summed E-state index contributed by atoms with van der Waals surface area (Å²) in [6.07, 6.45) is 1.06. The zero-order valence-electron chi connectivity index (χ0n) is 16.6. The summed E-state index contributed by atoms with van der Waals surface area (Å²) in [5.74, 6) is 0.694. The molecule has 152 valence electrons. The van der Waals surface area contributed by atoms with Crippen LogP contribution < -0.4 is 14.8 Å². The second-order valence-electron chi connectivity index (χ2n) is 6.38. The Bertz CT molecular complexity index is 1010. The number of thiophene rings is 1. The van der Waals surface area contributed by atoms with Crippen molar-refractivity contribution < 1.29 is 23.8 Å². The van der Waals surface area contributed by atoms with E-state index in [1.54, 1.807) is 7.11 Å². The van der Waals surface area contributed by atoms with Gasteiger partial charge in [-0.05, 0) is 42.3 Å². The van der Waals surface area contributed by atoms with Crippen molar-refractivity contribution in [1.82, 2.24) is 0 Å². The summed E-state index contributed by atoms with van der Waals surface area (Å²) in [4.78, 5) is 25.0. The van der Waals surface area contributed by atoms with Crippen molar-refractivity contribution in [2.45, 2.75) is 19.8 Å². The number of anilines is 1. The fraction of sp³-hybridized carbons (Fsp3) is 0.273. The Morgan fingerprint density at radius 2 is 1.83 bits per heavy atom. The molecule has 6 nitrogen and oxygen atoms in total. The highest BCUT2D eigenvalue weighted by Gasteiger charge is 2.21. The van der Waals surface area contributed by atoms with Crippen molar-refractivity contribution >= 4 is 39.0 Å². The average molecular weight is 413 g/mol. The molecule has 0 atom stereocenters. The molecule has 0 spiro atoms. The van der Waals surface area contributed by atoms with E-state index in [1.807, 2.05) is 49.4 Å². The molecule has 1 amide bonds. The van der Waals surface area contributed by atoms with Gasteiger partial charge in [0.2, 0.25) is 5.91 Å². The first-order valence-corrected chi connectivity index (χ1v) is 10.1. The Morgan fingerprint density at radius 3 is 2.48 bits per heavy atom. The molecule has 0 unspecified atom stereocenters. The quantitative estimate of drug-likeness (QED) is 0.544. The normalized spacial score (nSPS) is 10.6. The molecule has 2 aromatic carbocycles. The number of carbonyl (C=O) groups excluding carboxylic acids is 2. The largest absolute Gasteiger partial charge is 0.497 e. The van der Waals surface area contributed by atoms with E-state index in [0.29, 0.717) is 22.9 Å². The van der Waals surface area contributed by atoms with E-state index >= 15 is 0 Å². The van der Waals surface area contributed by atoms with Crippen LogP contribution in [0.3, 0.4) is 0 Å². The van der Waals surface area contributed by atoms with E-state index in [2.05, 4.69) is 5.32 Å². The first kappa shape index (κ1) is 20.7. The lowest BCUT2D eigenvalue weighted by atomic mass is 10.1. The third kappa shape index (κ3) is 4.86. The number of fused-ring (bicyclic) bond motifs is 1. The highest BCUT2D eigenvalue weighted by molar-refractivity contribution is 7.21. The van der Waals surface area contributed by atoms with Gasteiger partial charge in [-0.2, -0.15) is 0 Å². The standard InChI is InChI=1S/C22H23NO5S/c1-4-11-28-20-17-13-15(7-10-18(17)29-21(20)22(25)27-3)23-19(24)12-14-5-8-16(26-2)9-6-14/h5-10,13H,4,11-12H2,1-3H3,(H,23,24). The molecule has 29 heavy (non-hydrogen) atoms. The van der Waals surface area contributed by atoms with Crippen molar-refractivity contribution in [2.75, 3.05) is 26.1 Å². The van der Waals surface area contributed by atoms with Gasteiger partial charge in [0.15, 0.2) is 10.6 Å². The van der Waals surface area contributed by atoms with Gasteiger partial charge in [-0.3, -0.25) is 4.79 Å². The van der Waals surface area contributed by atoms with Gasteiger partial charge in [-0.25, -0.2) is 4.79 Å². The van der Waals surface area contributed by atoms with Crippen LogP contribution in [0.1, 0.15) is 28.6 Å². The van der Waals surface area contributed by atoms with Gasteiger partial charge < -0.3 is 19.5 Å². The number of rotatable bonds is 8. The number of methoxy groups -OCH3 is 2. The van der Waals surface area contributed by atoms with Gasteiger partial charge in [0.25, 0.3) is 0 Å². The van der Waals surface area contributed by atoms with Crippen LogP contribution >= 0.6 is 11.3 Å². The Hall–Kier alpha value is -3.06. The van der Waals surface area contributed by atoms with Crippen LogP contribution in [-0.4, -0.2) is 32.7 Å². The molecule has 3 aromatic rings. The maximum Gasteiger partial charge on any atom is 0.351 e. The predicted octanol–water partition coefficient (Wildman–Crippen LogP) is 4.67. The molecule has 0 saturated heterocycles. The lowest BCUT2D eigenvalue weighted by molar-refractivity contribution is -0.115. The number of amides is 1. The topological polar surface area (TPSA) is 73.9 Å². The van der Waals surface area contributed by atoms with Crippen LogP contribution in [-0.2, 0) is 16.0 Å². The Labute approximate surface area is 173 Å². The van der Waals surface area contributed by atoms with Crippen LogP contribution in [0.2, 0.25) is 0 Å². The van der Waals surface area contributed by atoms with Crippen molar-refractivity contribution in [2.24, 2.45) is 0 Å². The molecule has 1 heterocycles. The number of hydrogen-bond donors (Lipinski definition) is 1. The minimum absolute atomic E-state index is 0.131. The SMILES string of the molecule is CCCOc1c(C(=O)OC)sc2ccc(NC(=O)Cc3ccc(OC)cc3)cc12. The first-order chi connectivity index (χ1) is 14.0. The van der Waals surface area contributed by atoms with E-state index in [-0.39, 0.29) is 12.3 Å². The second kappa shape index (κ2) is 9.43. The summed E-state index contributed by atoms with van der Waals surface area (Å²) in [6.45, 7) is 2.49.